The Labute approximate surface area is 136 Å². The lowest BCUT2D eigenvalue weighted by molar-refractivity contribution is -0.116. The first kappa shape index (κ1) is 18.2. The minimum Gasteiger partial charge on any atom is -0.450 e. The van der Waals surface area contributed by atoms with Crippen LogP contribution in [0.15, 0.2) is 29.8 Å². The van der Waals surface area contributed by atoms with Crippen LogP contribution in [0.2, 0.25) is 0 Å². The Hall–Kier alpha value is -2.81. The molecule has 0 aliphatic carbocycles. The summed E-state index contributed by atoms with van der Waals surface area (Å²) < 4.78 is 4.61. The quantitative estimate of drug-likeness (QED) is 0.644. The molecule has 23 heavy (non-hydrogen) atoms. The van der Waals surface area contributed by atoms with Crippen molar-refractivity contribution in [2.24, 2.45) is 0 Å². The van der Waals surface area contributed by atoms with Crippen LogP contribution in [0.3, 0.4) is 0 Å². The average Bonchev–Trinajstić information content (AvgIpc) is 2.55. The third-order valence-corrected chi connectivity index (χ3v) is 3.19. The Morgan fingerprint density at radius 3 is 2.30 bits per heavy atom. The SMILES string of the molecule is CCOC(=O)NC(=O)/C(C#N)=C\c1ccc(N(CC)CC)cc1. The minimum atomic E-state index is -0.865. The number of rotatable bonds is 6. The lowest BCUT2D eigenvalue weighted by Crippen LogP contribution is -2.31. The molecule has 0 fully saturated rings. The zero-order chi connectivity index (χ0) is 17.2. The van der Waals surface area contributed by atoms with Crippen LogP contribution >= 0.6 is 0 Å². The van der Waals surface area contributed by atoms with Gasteiger partial charge >= 0.3 is 6.09 Å². The van der Waals surface area contributed by atoms with Gasteiger partial charge in [-0.25, -0.2) is 4.79 Å². The summed E-state index contributed by atoms with van der Waals surface area (Å²) in [5.41, 5.74) is 1.62. The van der Waals surface area contributed by atoms with Crippen molar-refractivity contribution >= 4 is 23.8 Å². The van der Waals surface area contributed by atoms with E-state index in [1.165, 1.54) is 6.08 Å². The van der Waals surface area contributed by atoms with Crippen molar-refractivity contribution in [3.63, 3.8) is 0 Å². The second kappa shape index (κ2) is 9.26. The molecular formula is C17H21N3O3. The number of nitriles is 1. The fourth-order valence-electron chi connectivity index (χ4n) is 2.01. The number of hydrogen-bond donors (Lipinski definition) is 1. The first-order valence-corrected chi connectivity index (χ1v) is 7.50. The van der Waals surface area contributed by atoms with E-state index in [-0.39, 0.29) is 12.2 Å². The summed E-state index contributed by atoms with van der Waals surface area (Å²) >= 11 is 0. The minimum absolute atomic E-state index is 0.150. The molecule has 6 heteroatoms. The Bertz CT molecular complexity index is 611. The Morgan fingerprint density at radius 2 is 1.83 bits per heavy atom. The number of carbonyl (C=O) groups excluding carboxylic acids is 2. The topological polar surface area (TPSA) is 82.4 Å². The van der Waals surface area contributed by atoms with Gasteiger partial charge < -0.3 is 9.64 Å². The largest absolute Gasteiger partial charge is 0.450 e. The van der Waals surface area contributed by atoms with E-state index >= 15 is 0 Å². The summed E-state index contributed by atoms with van der Waals surface area (Å²) in [6.45, 7) is 7.73. The number of anilines is 1. The van der Waals surface area contributed by atoms with Crippen LogP contribution in [0.5, 0.6) is 0 Å². The molecule has 0 saturated carbocycles. The van der Waals surface area contributed by atoms with Gasteiger partial charge in [-0.1, -0.05) is 12.1 Å². The lowest BCUT2D eigenvalue weighted by Gasteiger charge is -2.20. The Morgan fingerprint density at radius 1 is 1.22 bits per heavy atom. The highest BCUT2D eigenvalue weighted by atomic mass is 16.5. The van der Waals surface area contributed by atoms with Crippen LogP contribution in [-0.2, 0) is 9.53 Å². The van der Waals surface area contributed by atoms with E-state index in [1.54, 1.807) is 13.0 Å². The molecule has 122 valence electrons. The summed E-state index contributed by atoms with van der Waals surface area (Å²) in [5.74, 6) is -0.779. The first-order valence-electron chi connectivity index (χ1n) is 7.50. The smallest absolute Gasteiger partial charge is 0.414 e. The van der Waals surface area contributed by atoms with Crippen LogP contribution in [0.1, 0.15) is 26.3 Å². The molecule has 0 aliphatic heterocycles. The van der Waals surface area contributed by atoms with E-state index in [2.05, 4.69) is 23.5 Å². The average molecular weight is 315 g/mol. The van der Waals surface area contributed by atoms with Gasteiger partial charge in [0.15, 0.2) is 0 Å². The van der Waals surface area contributed by atoms with Gasteiger partial charge in [0.05, 0.1) is 6.61 Å². The zero-order valence-electron chi connectivity index (χ0n) is 13.6. The molecule has 1 rings (SSSR count). The third-order valence-electron chi connectivity index (χ3n) is 3.19. The van der Waals surface area contributed by atoms with E-state index in [9.17, 15) is 9.59 Å². The Balaban J connectivity index is 2.88. The number of nitrogens with one attached hydrogen (secondary N) is 1. The van der Waals surface area contributed by atoms with Crippen molar-refractivity contribution in [2.45, 2.75) is 20.8 Å². The fraction of sp³-hybridized carbons (Fsp3) is 0.353. The molecular weight excluding hydrogens is 294 g/mol. The molecule has 0 aliphatic rings. The van der Waals surface area contributed by atoms with Gasteiger partial charge in [-0.15, -0.1) is 0 Å². The molecule has 0 radical (unpaired) electrons. The van der Waals surface area contributed by atoms with E-state index in [0.29, 0.717) is 5.56 Å². The van der Waals surface area contributed by atoms with Crippen molar-refractivity contribution in [1.29, 1.82) is 5.26 Å². The number of ether oxygens (including phenoxy) is 1. The molecule has 0 bridgehead atoms. The molecule has 0 aromatic heterocycles. The fourth-order valence-corrected chi connectivity index (χ4v) is 2.01. The number of carbonyl (C=O) groups is 2. The summed E-state index contributed by atoms with van der Waals surface area (Å²) in [6, 6.07) is 9.29. The summed E-state index contributed by atoms with van der Waals surface area (Å²) in [4.78, 5) is 25.2. The molecule has 6 nitrogen and oxygen atoms in total. The summed E-state index contributed by atoms with van der Waals surface area (Å²) in [5, 5.41) is 11.1. The van der Waals surface area contributed by atoms with Crippen molar-refractivity contribution in [3.8, 4) is 6.07 Å². The van der Waals surface area contributed by atoms with Gasteiger partial charge in [-0.2, -0.15) is 5.26 Å². The van der Waals surface area contributed by atoms with Crippen LogP contribution in [0.4, 0.5) is 10.5 Å². The molecule has 2 amide bonds. The molecule has 0 atom stereocenters. The highest BCUT2D eigenvalue weighted by molar-refractivity contribution is 6.07. The van der Waals surface area contributed by atoms with Crippen molar-refractivity contribution in [3.05, 3.63) is 35.4 Å². The number of amides is 2. The van der Waals surface area contributed by atoms with Crippen molar-refractivity contribution in [2.75, 3.05) is 24.6 Å². The molecule has 0 unspecified atom stereocenters. The van der Waals surface area contributed by atoms with Crippen molar-refractivity contribution < 1.29 is 14.3 Å². The van der Waals surface area contributed by atoms with Gasteiger partial charge in [-0.3, -0.25) is 10.1 Å². The maximum atomic E-state index is 11.8. The molecule has 1 aromatic rings. The highest BCUT2D eigenvalue weighted by Gasteiger charge is 2.13. The predicted molar refractivity (Wildman–Crippen MR) is 88.8 cm³/mol. The first-order chi connectivity index (χ1) is 11.0. The van der Waals surface area contributed by atoms with Crippen molar-refractivity contribution in [1.82, 2.24) is 5.32 Å². The van der Waals surface area contributed by atoms with Gasteiger partial charge in [0.25, 0.3) is 5.91 Å². The number of alkyl carbamates (subject to hydrolysis) is 1. The second-order valence-corrected chi connectivity index (χ2v) is 4.61. The summed E-state index contributed by atoms with van der Waals surface area (Å²) in [6.07, 6.45) is 0.566. The van der Waals surface area contributed by atoms with Crippen LogP contribution in [0.25, 0.3) is 6.08 Å². The van der Waals surface area contributed by atoms with E-state index in [0.717, 1.165) is 18.8 Å². The zero-order valence-corrected chi connectivity index (χ0v) is 13.6. The molecule has 1 N–H and O–H groups in total. The monoisotopic (exact) mass is 315 g/mol. The molecule has 1 aromatic carbocycles. The number of benzene rings is 1. The highest BCUT2D eigenvalue weighted by Crippen LogP contribution is 2.16. The molecule has 0 spiro atoms. The standard InChI is InChI=1S/C17H21N3O3/c1-4-20(5-2)15-9-7-13(8-10-15)11-14(12-18)16(21)19-17(22)23-6-3/h7-11H,4-6H2,1-3H3,(H,19,21,22)/b14-11-. The number of imide groups is 1. The van der Waals surface area contributed by atoms with Gasteiger partial charge in [0.2, 0.25) is 0 Å². The Kier molecular flexibility index (Phi) is 7.34. The van der Waals surface area contributed by atoms with Gasteiger partial charge in [-0.05, 0) is 44.5 Å². The van der Waals surface area contributed by atoms with Crippen LogP contribution in [0, 0.1) is 11.3 Å². The maximum Gasteiger partial charge on any atom is 0.414 e. The maximum absolute atomic E-state index is 11.8. The number of hydrogen-bond acceptors (Lipinski definition) is 5. The van der Waals surface area contributed by atoms with E-state index in [4.69, 9.17) is 5.26 Å². The third kappa shape index (κ3) is 5.47. The lowest BCUT2D eigenvalue weighted by atomic mass is 10.1. The normalized spacial score (nSPS) is 10.6. The van der Waals surface area contributed by atoms with E-state index < -0.39 is 12.0 Å². The van der Waals surface area contributed by atoms with Gasteiger partial charge in [0.1, 0.15) is 11.6 Å². The van der Waals surface area contributed by atoms with Gasteiger partial charge in [0, 0.05) is 18.8 Å². The van der Waals surface area contributed by atoms with Crippen LogP contribution < -0.4 is 10.2 Å². The molecule has 0 saturated heterocycles. The van der Waals surface area contributed by atoms with Crippen LogP contribution in [-0.4, -0.2) is 31.7 Å². The second-order valence-electron chi connectivity index (χ2n) is 4.61. The van der Waals surface area contributed by atoms with E-state index in [1.807, 2.05) is 29.6 Å². The summed E-state index contributed by atoms with van der Waals surface area (Å²) in [7, 11) is 0. The molecule has 0 heterocycles. The number of nitrogens with zero attached hydrogens (tertiary/aromatic N) is 2. The predicted octanol–water partition coefficient (Wildman–Crippen LogP) is 2.71.